The number of halogens is 1. The second-order valence-electron chi connectivity index (χ2n) is 9.15. The number of likely N-dealkylation sites (N-methyl/N-ethyl adjacent to an activating group) is 1. The first-order valence-corrected chi connectivity index (χ1v) is 12.1. The summed E-state index contributed by atoms with van der Waals surface area (Å²) in [4.78, 5) is 41.7. The number of carbonyl (C=O) groups is 3. The minimum absolute atomic E-state index is 0.0186. The van der Waals surface area contributed by atoms with Gasteiger partial charge in [-0.1, -0.05) is 26.0 Å². The van der Waals surface area contributed by atoms with E-state index in [1.807, 2.05) is 13.8 Å². The molecular formula is C27H34FN3O5. The molecule has 0 saturated carbocycles. The molecule has 0 spiro atoms. The van der Waals surface area contributed by atoms with Crippen molar-refractivity contribution in [2.75, 3.05) is 39.2 Å². The number of nitrogens with zero attached hydrogens (tertiary/aromatic N) is 2. The molecule has 1 N–H and O–H groups in total. The van der Waals surface area contributed by atoms with Crippen LogP contribution in [0.5, 0.6) is 5.75 Å². The van der Waals surface area contributed by atoms with Gasteiger partial charge >= 0.3 is 0 Å². The predicted molar refractivity (Wildman–Crippen MR) is 135 cm³/mol. The summed E-state index contributed by atoms with van der Waals surface area (Å²) in [6.07, 6.45) is -0.0608. The molecule has 194 valence electrons. The summed E-state index contributed by atoms with van der Waals surface area (Å²) < 4.78 is 26.3. The number of fused-ring (bicyclic) bond motifs is 1. The Balaban J connectivity index is 2.01. The lowest BCUT2D eigenvalue weighted by atomic mass is 10.0. The van der Waals surface area contributed by atoms with Gasteiger partial charge in [-0.3, -0.25) is 14.4 Å². The number of nitrogens with one attached hydrogen (secondary N) is 1. The van der Waals surface area contributed by atoms with Crippen LogP contribution in [0.4, 0.5) is 10.1 Å². The van der Waals surface area contributed by atoms with Gasteiger partial charge in [0.2, 0.25) is 5.91 Å². The van der Waals surface area contributed by atoms with Gasteiger partial charge < -0.3 is 24.6 Å². The third-order valence-corrected chi connectivity index (χ3v) is 6.42. The summed E-state index contributed by atoms with van der Waals surface area (Å²) in [6.45, 7) is 6.10. The fraction of sp³-hybridized carbons (Fsp3) is 0.444. The molecule has 0 unspecified atom stereocenters. The Hall–Kier alpha value is -3.46. The lowest BCUT2D eigenvalue weighted by molar-refractivity contribution is -0.115. The van der Waals surface area contributed by atoms with E-state index in [0.29, 0.717) is 17.7 Å². The molecule has 9 heteroatoms. The van der Waals surface area contributed by atoms with E-state index in [4.69, 9.17) is 9.47 Å². The Morgan fingerprint density at radius 1 is 1.17 bits per heavy atom. The van der Waals surface area contributed by atoms with Crippen molar-refractivity contribution in [3.63, 3.8) is 0 Å². The number of hydrogen-bond acceptors (Lipinski definition) is 5. The minimum Gasteiger partial charge on any atom is -0.491 e. The maximum Gasteiger partial charge on any atom is 0.257 e. The molecule has 3 rings (SSSR count). The SMILES string of the molecule is CCC(=O)Nc1ccc2c(c1)OC[C@@H](C)N(C(=O)c1ccccc1F)C[C@@H](C)[C@@H](OC)CN(C)C2=O. The maximum atomic E-state index is 14.5. The zero-order chi connectivity index (χ0) is 26.4. The predicted octanol–water partition coefficient (Wildman–Crippen LogP) is 3.82. The van der Waals surface area contributed by atoms with Crippen molar-refractivity contribution in [1.29, 1.82) is 0 Å². The first kappa shape index (κ1) is 27.1. The van der Waals surface area contributed by atoms with Crippen LogP contribution in [0.2, 0.25) is 0 Å². The molecule has 2 aromatic carbocycles. The number of benzene rings is 2. The average molecular weight is 500 g/mol. The summed E-state index contributed by atoms with van der Waals surface area (Å²) in [6, 6.07) is 10.3. The molecule has 0 fully saturated rings. The molecule has 8 nitrogen and oxygen atoms in total. The monoisotopic (exact) mass is 499 g/mol. The Labute approximate surface area is 211 Å². The molecule has 1 aliphatic rings. The Kier molecular flexibility index (Phi) is 9.03. The summed E-state index contributed by atoms with van der Waals surface area (Å²) in [5.74, 6) is -1.33. The second kappa shape index (κ2) is 12.0. The first-order valence-electron chi connectivity index (χ1n) is 12.1. The van der Waals surface area contributed by atoms with E-state index in [0.717, 1.165) is 0 Å². The molecule has 3 atom stereocenters. The number of amides is 3. The third-order valence-electron chi connectivity index (χ3n) is 6.42. The zero-order valence-electron chi connectivity index (χ0n) is 21.4. The van der Waals surface area contributed by atoms with Gasteiger partial charge in [-0.2, -0.15) is 0 Å². The van der Waals surface area contributed by atoms with Crippen molar-refractivity contribution in [2.45, 2.75) is 39.3 Å². The minimum atomic E-state index is -0.593. The zero-order valence-corrected chi connectivity index (χ0v) is 21.4. The molecule has 0 aliphatic carbocycles. The standard InChI is InChI=1S/C27H34FN3O5/c1-6-25(32)29-19-11-12-21-23(13-19)36-16-18(3)31(27(34)20-9-7-8-10-22(20)28)14-17(2)24(35-5)15-30(4)26(21)33/h7-13,17-18,24H,6,14-16H2,1-5H3,(H,29,32)/t17-,18-,24+/m1/s1. The Bertz CT molecular complexity index is 1110. The smallest absolute Gasteiger partial charge is 0.257 e. The van der Waals surface area contributed by atoms with Crippen molar-refractivity contribution in [3.05, 3.63) is 59.4 Å². The molecule has 2 aromatic rings. The fourth-order valence-corrected chi connectivity index (χ4v) is 4.17. The van der Waals surface area contributed by atoms with Crippen LogP contribution in [-0.2, 0) is 9.53 Å². The summed E-state index contributed by atoms with van der Waals surface area (Å²) in [7, 11) is 3.24. The summed E-state index contributed by atoms with van der Waals surface area (Å²) in [5, 5.41) is 2.77. The van der Waals surface area contributed by atoms with Gasteiger partial charge in [-0.15, -0.1) is 0 Å². The van der Waals surface area contributed by atoms with E-state index in [9.17, 15) is 18.8 Å². The third kappa shape index (κ3) is 6.20. The lowest BCUT2D eigenvalue weighted by Gasteiger charge is -2.36. The van der Waals surface area contributed by atoms with E-state index in [-0.39, 0.29) is 54.8 Å². The molecule has 1 heterocycles. The number of anilines is 1. The highest BCUT2D eigenvalue weighted by molar-refractivity contribution is 5.98. The van der Waals surface area contributed by atoms with Crippen LogP contribution in [0.15, 0.2) is 42.5 Å². The number of ether oxygens (including phenoxy) is 2. The van der Waals surface area contributed by atoms with Gasteiger partial charge in [0.1, 0.15) is 18.2 Å². The lowest BCUT2D eigenvalue weighted by Crippen LogP contribution is -2.48. The van der Waals surface area contributed by atoms with Gasteiger partial charge in [0.15, 0.2) is 0 Å². The number of hydrogen-bond donors (Lipinski definition) is 1. The Morgan fingerprint density at radius 3 is 2.56 bits per heavy atom. The van der Waals surface area contributed by atoms with E-state index in [1.165, 1.54) is 18.2 Å². The van der Waals surface area contributed by atoms with Gasteiger partial charge in [-0.05, 0) is 31.2 Å². The van der Waals surface area contributed by atoms with E-state index >= 15 is 0 Å². The van der Waals surface area contributed by atoms with Crippen molar-refractivity contribution in [1.82, 2.24) is 9.80 Å². The van der Waals surface area contributed by atoms with E-state index in [1.54, 1.807) is 55.1 Å². The van der Waals surface area contributed by atoms with Crippen LogP contribution >= 0.6 is 0 Å². The van der Waals surface area contributed by atoms with Crippen molar-refractivity contribution >= 4 is 23.4 Å². The average Bonchev–Trinajstić information content (AvgIpc) is 2.87. The number of rotatable bonds is 4. The maximum absolute atomic E-state index is 14.5. The van der Waals surface area contributed by atoms with Crippen LogP contribution in [0.25, 0.3) is 0 Å². The highest BCUT2D eigenvalue weighted by atomic mass is 19.1. The fourth-order valence-electron chi connectivity index (χ4n) is 4.17. The van der Waals surface area contributed by atoms with Crippen LogP contribution in [-0.4, -0.2) is 73.5 Å². The summed E-state index contributed by atoms with van der Waals surface area (Å²) >= 11 is 0. The molecule has 0 bridgehead atoms. The van der Waals surface area contributed by atoms with Gasteiger partial charge in [0.05, 0.1) is 23.3 Å². The molecule has 0 saturated heterocycles. The number of carbonyl (C=O) groups excluding carboxylic acids is 3. The highest BCUT2D eigenvalue weighted by Gasteiger charge is 2.31. The van der Waals surface area contributed by atoms with Crippen LogP contribution < -0.4 is 10.1 Å². The number of methoxy groups -OCH3 is 1. The van der Waals surface area contributed by atoms with Crippen molar-refractivity contribution < 1.29 is 28.2 Å². The first-order chi connectivity index (χ1) is 17.2. The largest absolute Gasteiger partial charge is 0.491 e. The summed E-state index contributed by atoms with van der Waals surface area (Å²) in [5.41, 5.74) is 0.808. The van der Waals surface area contributed by atoms with Crippen LogP contribution in [0.3, 0.4) is 0 Å². The van der Waals surface area contributed by atoms with Gasteiger partial charge in [-0.25, -0.2) is 4.39 Å². The molecular weight excluding hydrogens is 465 g/mol. The molecule has 0 aromatic heterocycles. The normalized spacial score (nSPS) is 21.1. The Morgan fingerprint density at radius 2 is 1.89 bits per heavy atom. The van der Waals surface area contributed by atoms with Crippen LogP contribution in [0, 0.1) is 11.7 Å². The second-order valence-corrected chi connectivity index (χ2v) is 9.15. The molecule has 1 aliphatic heterocycles. The van der Waals surface area contributed by atoms with E-state index < -0.39 is 17.8 Å². The van der Waals surface area contributed by atoms with E-state index in [2.05, 4.69) is 5.32 Å². The molecule has 0 radical (unpaired) electrons. The molecule has 36 heavy (non-hydrogen) atoms. The van der Waals surface area contributed by atoms with Gasteiger partial charge in [0, 0.05) is 51.3 Å². The quantitative estimate of drug-likeness (QED) is 0.691. The van der Waals surface area contributed by atoms with Crippen molar-refractivity contribution in [2.24, 2.45) is 5.92 Å². The van der Waals surface area contributed by atoms with Crippen LogP contribution in [0.1, 0.15) is 47.9 Å². The van der Waals surface area contributed by atoms with Crippen molar-refractivity contribution in [3.8, 4) is 5.75 Å². The molecule has 3 amide bonds. The topological polar surface area (TPSA) is 88.2 Å². The highest BCUT2D eigenvalue weighted by Crippen LogP contribution is 2.27. The van der Waals surface area contributed by atoms with Gasteiger partial charge in [0.25, 0.3) is 11.8 Å².